The number of hydrogen-bond donors (Lipinski definition) is 3. The molecule has 1 saturated carbocycles. The van der Waals surface area contributed by atoms with Gasteiger partial charge in [-0.05, 0) is 25.2 Å². The fourth-order valence-corrected chi connectivity index (χ4v) is 2.25. The molecule has 78 valence electrons. The Bertz CT molecular complexity index is 150. The number of hydrogen-bond acceptors (Lipinski definition) is 3. The summed E-state index contributed by atoms with van der Waals surface area (Å²) in [6.45, 7) is 5.74. The van der Waals surface area contributed by atoms with Gasteiger partial charge in [0.25, 0.3) is 0 Å². The summed E-state index contributed by atoms with van der Waals surface area (Å²) in [4.78, 5) is 0. The number of rotatable bonds is 2. The highest BCUT2D eigenvalue weighted by molar-refractivity contribution is 4.94. The Balaban J connectivity index is 2.66. The third kappa shape index (κ3) is 2.03. The van der Waals surface area contributed by atoms with Gasteiger partial charge in [0.1, 0.15) is 0 Å². The third-order valence-electron chi connectivity index (χ3n) is 3.25. The predicted molar refractivity (Wildman–Crippen MR) is 50.1 cm³/mol. The normalized spacial score (nSPS) is 42.7. The molecule has 0 aliphatic heterocycles. The molecule has 0 aromatic heterocycles. The van der Waals surface area contributed by atoms with Crippen molar-refractivity contribution in [2.75, 3.05) is 0 Å². The fourth-order valence-electron chi connectivity index (χ4n) is 2.25. The van der Waals surface area contributed by atoms with Gasteiger partial charge in [0.2, 0.25) is 0 Å². The smallest absolute Gasteiger partial charge is 0.0854 e. The first kappa shape index (κ1) is 11.0. The molecule has 3 heteroatoms. The van der Waals surface area contributed by atoms with Crippen LogP contribution in [0.1, 0.15) is 27.2 Å². The molecule has 5 unspecified atom stereocenters. The lowest BCUT2D eigenvalue weighted by molar-refractivity contribution is -0.0265. The minimum Gasteiger partial charge on any atom is -0.393 e. The van der Waals surface area contributed by atoms with E-state index in [0.717, 1.165) is 6.42 Å². The second-order valence-corrected chi connectivity index (χ2v) is 4.53. The molecule has 1 fully saturated rings. The molecular weight excluding hydrogens is 168 g/mol. The molecule has 3 nitrogen and oxygen atoms in total. The molecule has 0 heterocycles. The molecule has 0 amide bonds. The van der Waals surface area contributed by atoms with Crippen LogP contribution in [0.3, 0.4) is 0 Å². The Morgan fingerprint density at radius 3 is 1.69 bits per heavy atom. The van der Waals surface area contributed by atoms with Crippen molar-refractivity contribution in [3.63, 3.8) is 0 Å². The number of aliphatic hydroxyl groups excluding tert-OH is 3. The van der Waals surface area contributed by atoms with Crippen LogP contribution >= 0.6 is 0 Å². The van der Waals surface area contributed by atoms with Crippen molar-refractivity contribution in [2.24, 2.45) is 17.8 Å². The van der Waals surface area contributed by atoms with Gasteiger partial charge in [-0.1, -0.05) is 13.8 Å². The first-order valence-corrected chi connectivity index (χ1v) is 4.99. The van der Waals surface area contributed by atoms with E-state index in [-0.39, 0.29) is 11.8 Å². The van der Waals surface area contributed by atoms with Crippen LogP contribution in [0.5, 0.6) is 0 Å². The van der Waals surface area contributed by atoms with Gasteiger partial charge in [-0.25, -0.2) is 0 Å². The van der Waals surface area contributed by atoms with Crippen LogP contribution < -0.4 is 0 Å². The molecule has 1 aliphatic carbocycles. The van der Waals surface area contributed by atoms with Crippen LogP contribution in [0, 0.1) is 17.8 Å². The van der Waals surface area contributed by atoms with E-state index in [1.807, 2.05) is 13.8 Å². The van der Waals surface area contributed by atoms with Crippen LogP contribution in [0.2, 0.25) is 0 Å². The van der Waals surface area contributed by atoms with Gasteiger partial charge < -0.3 is 15.3 Å². The van der Waals surface area contributed by atoms with Crippen molar-refractivity contribution in [1.82, 2.24) is 0 Å². The van der Waals surface area contributed by atoms with Crippen LogP contribution in [0.15, 0.2) is 0 Å². The first-order chi connectivity index (χ1) is 5.95. The van der Waals surface area contributed by atoms with Crippen molar-refractivity contribution in [3.05, 3.63) is 0 Å². The average Bonchev–Trinajstić information content (AvgIpc) is 2.29. The lowest BCUT2D eigenvalue weighted by atomic mass is 9.91. The SMILES string of the molecule is CC(C)C1CC(C(C)O)C(O)C1O. The molecule has 0 aromatic rings. The topological polar surface area (TPSA) is 60.7 Å². The zero-order chi connectivity index (χ0) is 10.2. The van der Waals surface area contributed by atoms with Crippen molar-refractivity contribution in [1.29, 1.82) is 0 Å². The Labute approximate surface area is 79.4 Å². The molecule has 0 radical (unpaired) electrons. The number of aliphatic hydroxyl groups is 3. The van der Waals surface area contributed by atoms with Crippen LogP contribution in [0.4, 0.5) is 0 Å². The maximum atomic E-state index is 9.69. The highest BCUT2D eigenvalue weighted by atomic mass is 16.3. The van der Waals surface area contributed by atoms with Gasteiger partial charge in [0, 0.05) is 5.92 Å². The van der Waals surface area contributed by atoms with E-state index in [0.29, 0.717) is 5.92 Å². The van der Waals surface area contributed by atoms with Crippen LogP contribution in [-0.4, -0.2) is 33.6 Å². The lowest BCUT2D eigenvalue weighted by Crippen LogP contribution is -2.33. The molecule has 1 rings (SSSR count). The van der Waals surface area contributed by atoms with Crippen LogP contribution in [-0.2, 0) is 0 Å². The van der Waals surface area contributed by atoms with Crippen molar-refractivity contribution in [3.8, 4) is 0 Å². The minimum atomic E-state index is -0.757. The predicted octanol–water partition coefficient (Wildman–Crippen LogP) is 0.381. The van der Waals surface area contributed by atoms with Gasteiger partial charge in [-0.3, -0.25) is 0 Å². The van der Waals surface area contributed by atoms with E-state index in [1.54, 1.807) is 6.92 Å². The van der Waals surface area contributed by atoms with Gasteiger partial charge in [0.15, 0.2) is 0 Å². The van der Waals surface area contributed by atoms with Gasteiger partial charge in [0.05, 0.1) is 18.3 Å². The largest absolute Gasteiger partial charge is 0.393 e. The Kier molecular flexibility index (Phi) is 3.33. The standard InChI is InChI=1S/C10H20O3/c1-5(2)7-4-8(6(3)11)10(13)9(7)12/h5-13H,4H2,1-3H3. The van der Waals surface area contributed by atoms with E-state index in [9.17, 15) is 15.3 Å². The van der Waals surface area contributed by atoms with Gasteiger partial charge >= 0.3 is 0 Å². The maximum Gasteiger partial charge on any atom is 0.0854 e. The van der Waals surface area contributed by atoms with Crippen molar-refractivity contribution in [2.45, 2.75) is 45.5 Å². The van der Waals surface area contributed by atoms with E-state index in [1.165, 1.54) is 0 Å². The summed E-state index contributed by atoms with van der Waals surface area (Å²) < 4.78 is 0. The van der Waals surface area contributed by atoms with Gasteiger partial charge in [-0.2, -0.15) is 0 Å². The molecular formula is C10H20O3. The maximum absolute atomic E-state index is 9.69. The highest BCUT2D eigenvalue weighted by Crippen LogP contribution is 2.37. The van der Waals surface area contributed by atoms with Crippen molar-refractivity contribution < 1.29 is 15.3 Å². The monoisotopic (exact) mass is 188 g/mol. The van der Waals surface area contributed by atoms with Crippen molar-refractivity contribution >= 4 is 0 Å². The second kappa shape index (κ2) is 3.95. The average molecular weight is 188 g/mol. The molecule has 0 aromatic carbocycles. The van der Waals surface area contributed by atoms with E-state index >= 15 is 0 Å². The first-order valence-electron chi connectivity index (χ1n) is 4.99. The zero-order valence-electron chi connectivity index (χ0n) is 8.51. The second-order valence-electron chi connectivity index (χ2n) is 4.53. The summed E-state index contributed by atoms with van der Waals surface area (Å²) in [5.41, 5.74) is 0. The summed E-state index contributed by atoms with van der Waals surface area (Å²) in [6.07, 6.45) is -1.24. The molecule has 5 atom stereocenters. The van der Waals surface area contributed by atoms with Gasteiger partial charge in [-0.15, -0.1) is 0 Å². The molecule has 1 aliphatic rings. The summed E-state index contributed by atoms with van der Waals surface area (Å²) in [7, 11) is 0. The molecule has 3 N–H and O–H groups in total. The summed E-state index contributed by atoms with van der Waals surface area (Å²) in [5.74, 6) is 0.311. The molecule has 13 heavy (non-hydrogen) atoms. The molecule has 0 spiro atoms. The van der Waals surface area contributed by atoms with E-state index in [4.69, 9.17) is 0 Å². The zero-order valence-corrected chi connectivity index (χ0v) is 8.51. The summed E-state index contributed by atoms with van der Waals surface area (Å²) in [6, 6.07) is 0. The highest BCUT2D eigenvalue weighted by Gasteiger charge is 2.44. The van der Waals surface area contributed by atoms with Crippen LogP contribution in [0.25, 0.3) is 0 Å². The Hall–Kier alpha value is -0.120. The van der Waals surface area contributed by atoms with E-state index < -0.39 is 18.3 Å². The third-order valence-corrected chi connectivity index (χ3v) is 3.25. The van der Waals surface area contributed by atoms with E-state index in [2.05, 4.69) is 0 Å². The lowest BCUT2D eigenvalue weighted by Gasteiger charge is -2.19. The molecule has 0 bridgehead atoms. The quantitative estimate of drug-likeness (QED) is 0.587. The fraction of sp³-hybridized carbons (Fsp3) is 1.00. The Morgan fingerprint density at radius 1 is 1.00 bits per heavy atom. The Morgan fingerprint density at radius 2 is 1.46 bits per heavy atom. The summed E-state index contributed by atoms with van der Waals surface area (Å²) in [5, 5.41) is 28.7. The minimum absolute atomic E-state index is 0.120. The molecule has 0 saturated heterocycles. The summed E-state index contributed by atoms with van der Waals surface area (Å²) >= 11 is 0.